The second-order valence-electron chi connectivity index (χ2n) is 5.31. The first-order chi connectivity index (χ1) is 10.3. The van der Waals surface area contributed by atoms with Crippen LogP contribution in [0.4, 0.5) is 0 Å². The van der Waals surface area contributed by atoms with Crippen LogP contribution in [0.3, 0.4) is 0 Å². The van der Waals surface area contributed by atoms with Crippen LogP contribution in [0.5, 0.6) is 0 Å². The van der Waals surface area contributed by atoms with Crippen molar-refractivity contribution >= 4 is 17.2 Å². The van der Waals surface area contributed by atoms with E-state index in [4.69, 9.17) is 5.26 Å². The van der Waals surface area contributed by atoms with E-state index in [1.54, 1.807) is 35.6 Å². The number of thiophene rings is 1. The Kier molecular flexibility index (Phi) is 4.03. The lowest BCUT2D eigenvalue weighted by Gasteiger charge is -2.32. The molecule has 1 aromatic heterocycles. The van der Waals surface area contributed by atoms with Crippen molar-refractivity contribution in [3.05, 3.63) is 57.8 Å². The van der Waals surface area contributed by atoms with Gasteiger partial charge in [-0.2, -0.15) is 16.6 Å². The summed E-state index contributed by atoms with van der Waals surface area (Å²) in [7, 11) is 0. The lowest BCUT2D eigenvalue weighted by molar-refractivity contribution is 0.0713. The number of hydrogen-bond donors (Lipinski definition) is 0. The number of nitrogens with zero attached hydrogens (tertiary/aromatic N) is 2. The van der Waals surface area contributed by atoms with Crippen LogP contribution in [-0.4, -0.2) is 23.9 Å². The summed E-state index contributed by atoms with van der Waals surface area (Å²) in [5, 5.41) is 13.1. The minimum Gasteiger partial charge on any atom is -0.339 e. The number of hydrogen-bond acceptors (Lipinski definition) is 3. The molecule has 0 atom stereocenters. The highest BCUT2D eigenvalue weighted by molar-refractivity contribution is 7.07. The van der Waals surface area contributed by atoms with Crippen molar-refractivity contribution in [2.45, 2.75) is 18.8 Å². The van der Waals surface area contributed by atoms with Crippen LogP contribution in [0, 0.1) is 11.3 Å². The summed E-state index contributed by atoms with van der Waals surface area (Å²) in [4.78, 5) is 14.4. The summed E-state index contributed by atoms with van der Waals surface area (Å²) in [6.07, 6.45) is 2.05. The molecule has 0 saturated carbocycles. The van der Waals surface area contributed by atoms with Crippen LogP contribution in [0.2, 0.25) is 0 Å². The van der Waals surface area contributed by atoms with Crippen LogP contribution >= 0.6 is 11.3 Å². The van der Waals surface area contributed by atoms with Gasteiger partial charge in [-0.05, 0) is 65.4 Å². The number of benzene rings is 1. The van der Waals surface area contributed by atoms with E-state index in [2.05, 4.69) is 22.9 Å². The van der Waals surface area contributed by atoms with Gasteiger partial charge < -0.3 is 4.90 Å². The molecule has 21 heavy (non-hydrogen) atoms. The van der Waals surface area contributed by atoms with Gasteiger partial charge in [0, 0.05) is 18.7 Å². The molecule has 106 valence electrons. The van der Waals surface area contributed by atoms with E-state index in [-0.39, 0.29) is 5.91 Å². The molecule has 3 nitrogen and oxygen atoms in total. The molecule has 3 rings (SSSR count). The Hall–Kier alpha value is -2.12. The zero-order valence-electron chi connectivity index (χ0n) is 11.7. The fourth-order valence-electron chi connectivity index (χ4n) is 2.79. The molecule has 1 aliphatic heterocycles. The second kappa shape index (κ2) is 6.11. The average molecular weight is 296 g/mol. The molecule has 1 fully saturated rings. The molecule has 1 aliphatic rings. The molecule has 1 amide bonds. The van der Waals surface area contributed by atoms with E-state index >= 15 is 0 Å². The molecular weight excluding hydrogens is 280 g/mol. The molecule has 0 unspecified atom stereocenters. The van der Waals surface area contributed by atoms with Gasteiger partial charge in [-0.25, -0.2) is 0 Å². The number of nitriles is 1. The van der Waals surface area contributed by atoms with Gasteiger partial charge in [-0.15, -0.1) is 0 Å². The summed E-state index contributed by atoms with van der Waals surface area (Å²) in [6, 6.07) is 11.1. The molecule has 0 bridgehead atoms. The minimum atomic E-state index is 0.0725. The van der Waals surface area contributed by atoms with Crippen LogP contribution < -0.4 is 0 Å². The summed E-state index contributed by atoms with van der Waals surface area (Å²) in [5.74, 6) is 0.657. The molecule has 1 aromatic carbocycles. The van der Waals surface area contributed by atoms with Gasteiger partial charge in [0.2, 0.25) is 0 Å². The van der Waals surface area contributed by atoms with Crippen molar-refractivity contribution in [1.82, 2.24) is 4.90 Å². The smallest absolute Gasteiger partial charge is 0.253 e. The molecule has 0 N–H and O–H groups in total. The van der Waals surface area contributed by atoms with Crippen LogP contribution in [0.1, 0.15) is 40.2 Å². The number of likely N-dealkylation sites (tertiary alicyclic amines) is 1. The highest BCUT2D eigenvalue weighted by atomic mass is 32.1. The molecule has 2 aromatic rings. The first-order valence-corrected chi connectivity index (χ1v) is 8.04. The van der Waals surface area contributed by atoms with Gasteiger partial charge in [-0.3, -0.25) is 4.79 Å². The van der Waals surface area contributed by atoms with Gasteiger partial charge in [-0.1, -0.05) is 0 Å². The summed E-state index contributed by atoms with van der Waals surface area (Å²) in [6.45, 7) is 1.61. The third kappa shape index (κ3) is 2.98. The quantitative estimate of drug-likeness (QED) is 0.849. The van der Waals surface area contributed by atoms with E-state index < -0.39 is 0 Å². The van der Waals surface area contributed by atoms with Crippen LogP contribution in [-0.2, 0) is 0 Å². The topological polar surface area (TPSA) is 44.1 Å². The Morgan fingerprint density at radius 3 is 2.48 bits per heavy atom. The van der Waals surface area contributed by atoms with Crippen molar-refractivity contribution in [1.29, 1.82) is 5.26 Å². The standard InChI is InChI=1S/C17H16N2OS/c18-11-13-1-3-15(4-2-13)17(20)19-8-5-14(6-9-19)16-7-10-21-12-16/h1-4,7,10,12,14H,5-6,8-9H2. The number of amides is 1. The number of piperidine rings is 1. The van der Waals surface area contributed by atoms with Crippen molar-refractivity contribution < 1.29 is 4.79 Å². The Morgan fingerprint density at radius 2 is 1.90 bits per heavy atom. The molecular formula is C17H16N2OS. The third-order valence-electron chi connectivity index (χ3n) is 4.06. The molecule has 0 spiro atoms. The van der Waals surface area contributed by atoms with Crippen LogP contribution in [0.15, 0.2) is 41.1 Å². The zero-order chi connectivity index (χ0) is 14.7. The van der Waals surface area contributed by atoms with E-state index in [1.807, 2.05) is 4.90 Å². The molecule has 0 aliphatic carbocycles. The predicted octanol–water partition coefficient (Wildman–Crippen LogP) is 3.64. The van der Waals surface area contributed by atoms with E-state index in [1.165, 1.54) is 5.56 Å². The summed E-state index contributed by atoms with van der Waals surface area (Å²) in [5.41, 5.74) is 2.66. The first kappa shape index (κ1) is 13.8. The average Bonchev–Trinajstić information content (AvgIpc) is 3.09. The molecule has 2 heterocycles. The monoisotopic (exact) mass is 296 g/mol. The van der Waals surface area contributed by atoms with Gasteiger partial charge in [0.05, 0.1) is 11.6 Å². The van der Waals surface area contributed by atoms with Crippen molar-refractivity contribution in [3.8, 4) is 6.07 Å². The maximum atomic E-state index is 12.4. The number of carbonyl (C=O) groups excluding carboxylic acids is 1. The Labute approximate surface area is 128 Å². The fourth-order valence-corrected chi connectivity index (χ4v) is 3.54. The van der Waals surface area contributed by atoms with E-state index in [0.29, 0.717) is 17.0 Å². The number of carbonyl (C=O) groups is 1. The highest BCUT2D eigenvalue weighted by Crippen LogP contribution is 2.29. The molecule has 4 heteroatoms. The Bertz CT molecular complexity index is 647. The normalized spacial score (nSPS) is 15.7. The van der Waals surface area contributed by atoms with E-state index in [9.17, 15) is 4.79 Å². The van der Waals surface area contributed by atoms with Gasteiger partial charge >= 0.3 is 0 Å². The van der Waals surface area contributed by atoms with Gasteiger partial charge in [0.15, 0.2) is 0 Å². The second-order valence-corrected chi connectivity index (χ2v) is 6.09. The van der Waals surface area contributed by atoms with Crippen molar-refractivity contribution in [3.63, 3.8) is 0 Å². The van der Waals surface area contributed by atoms with Gasteiger partial charge in [0.25, 0.3) is 5.91 Å². The first-order valence-electron chi connectivity index (χ1n) is 7.09. The van der Waals surface area contributed by atoms with Crippen LogP contribution in [0.25, 0.3) is 0 Å². The summed E-state index contributed by atoms with van der Waals surface area (Å²) >= 11 is 1.73. The number of rotatable bonds is 2. The predicted molar refractivity (Wildman–Crippen MR) is 83.4 cm³/mol. The maximum Gasteiger partial charge on any atom is 0.253 e. The fraction of sp³-hybridized carbons (Fsp3) is 0.294. The maximum absolute atomic E-state index is 12.4. The summed E-state index contributed by atoms with van der Waals surface area (Å²) < 4.78 is 0. The minimum absolute atomic E-state index is 0.0725. The van der Waals surface area contributed by atoms with Gasteiger partial charge in [0.1, 0.15) is 0 Å². The highest BCUT2D eigenvalue weighted by Gasteiger charge is 2.24. The lowest BCUT2D eigenvalue weighted by Crippen LogP contribution is -2.37. The Morgan fingerprint density at radius 1 is 1.19 bits per heavy atom. The third-order valence-corrected chi connectivity index (χ3v) is 4.76. The largest absolute Gasteiger partial charge is 0.339 e. The lowest BCUT2D eigenvalue weighted by atomic mass is 9.91. The Balaban J connectivity index is 1.63. The van der Waals surface area contributed by atoms with E-state index in [0.717, 1.165) is 25.9 Å². The van der Waals surface area contributed by atoms with Crippen molar-refractivity contribution in [2.24, 2.45) is 0 Å². The van der Waals surface area contributed by atoms with Crippen molar-refractivity contribution in [2.75, 3.05) is 13.1 Å². The molecule has 0 radical (unpaired) electrons. The zero-order valence-corrected chi connectivity index (χ0v) is 12.5. The molecule has 1 saturated heterocycles. The SMILES string of the molecule is N#Cc1ccc(C(=O)N2CCC(c3ccsc3)CC2)cc1.